The summed E-state index contributed by atoms with van der Waals surface area (Å²) in [7, 11) is 1.36. The molecular weight excluding hydrogens is 320 g/mol. The molecule has 2 N–H and O–H groups in total. The van der Waals surface area contributed by atoms with E-state index >= 15 is 0 Å². The van der Waals surface area contributed by atoms with E-state index in [1.54, 1.807) is 12.1 Å². The van der Waals surface area contributed by atoms with Crippen LogP contribution in [-0.4, -0.2) is 56.0 Å². The van der Waals surface area contributed by atoms with Crippen LogP contribution in [0.3, 0.4) is 0 Å². The predicted molar refractivity (Wildman–Crippen MR) is 96.4 cm³/mol. The monoisotopic (exact) mass is 346 g/mol. The van der Waals surface area contributed by atoms with Crippen molar-refractivity contribution in [3.63, 3.8) is 0 Å². The van der Waals surface area contributed by atoms with Gasteiger partial charge in [-0.05, 0) is 37.5 Å². The number of likely N-dealkylation sites (tertiary alicyclic amines) is 1. The standard InChI is InChI=1S/C18H26N4O3/c1-3-19-18(21-13-16(23)22-10-4-5-11-22)20-12-14-6-8-15(9-7-14)17(24)25-2/h6-9H,3-5,10-13H2,1-2H3,(H2,19,20,21). The van der Waals surface area contributed by atoms with Crippen LogP contribution in [0, 0.1) is 0 Å². The highest BCUT2D eigenvalue weighted by atomic mass is 16.5. The maximum Gasteiger partial charge on any atom is 0.337 e. The average Bonchev–Trinajstić information content (AvgIpc) is 3.18. The van der Waals surface area contributed by atoms with E-state index in [0.717, 1.165) is 31.5 Å². The summed E-state index contributed by atoms with van der Waals surface area (Å²) in [5, 5.41) is 6.21. The Labute approximate surface area is 148 Å². The molecule has 1 saturated heterocycles. The molecular formula is C18H26N4O3. The molecule has 1 amide bonds. The van der Waals surface area contributed by atoms with Gasteiger partial charge in [-0.25, -0.2) is 9.79 Å². The highest BCUT2D eigenvalue weighted by molar-refractivity contribution is 5.89. The molecule has 1 heterocycles. The number of amides is 1. The molecule has 1 aliphatic heterocycles. The zero-order valence-corrected chi connectivity index (χ0v) is 14.9. The van der Waals surface area contributed by atoms with Gasteiger partial charge in [0, 0.05) is 19.6 Å². The number of methoxy groups -OCH3 is 1. The quantitative estimate of drug-likeness (QED) is 0.459. The molecule has 0 unspecified atom stereocenters. The summed E-state index contributed by atoms with van der Waals surface area (Å²) in [5.74, 6) is 0.350. The number of esters is 1. The second-order valence-electron chi connectivity index (χ2n) is 5.83. The Morgan fingerprint density at radius 2 is 1.84 bits per heavy atom. The van der Waals surface area contributed by atoms with Gasteiger partial charge in [0.25, 0.3) is 0 Å². The van der Waals surface area contributed by atoms with Gasteiger partial charge in [-0.2, -0.15) is 0 Å². The number of guanidine groups is 1. The van der Waals surface area contributed by atoms with Crippen LogP contribution in [0.1, 0.15) is 35.7 Å². The zero-order valence-electron chi connectivity index (χ0n) is 14.9. The molecule has 7 heteroatoms. The van der Waals surface area contributed by atoms with Gasteiger partial charge in [-0.1, -0.05) is 12.1 Å². The molecule has 1 fully saturated rings. The first kappa shape index (κ1) is 18.8. The Morgan fingerprint density at radius 1 is 1.16 bits per heavy atom. The van der Waals surface area contributed by atoms with Gasteiger partial charge in [0.05, 0.1) is 25.8 Å². The highest BCUT2D eigenvalue weighted by Crippen LogP contribution is 2.08. The normalized spacial score (nSPS) is 14.3. The summed E-state index contributed by atoms with van der Waals surface area (Å²) in [4.78, 5) is 29.9. The van der Waals surface area contributed by atoms with Gasteiger partial charge < -0.3 is 20.3 Å². The van der Waals surface area contributed by atoms with E-state index in [2.05, 4.69) is 20.4 Å². The van der Waals surface area contributed by atoms with Crippen molar-refractivity contribution in [1.29, 1.82) is 0 Å². The minimum absolute atomic E-state index is 0.102. The number of ether oxygens (including phenoxy) is 1. The number of hydrogen-bond acceptors (Lipinski definition) is 4. The van der Waals surface area contributed by atoms with E-state index in [0.29, 0.717) is 24.6 Å². The molecule has 1 aromatic carbocycles. The Kier molecular flexibility index (Phi) is 7.25. The van der Waals surface area contributed by atoms with Gasteiger partial charge >= 0.3 is 5.97 Å². The molecule has 1 aliphatic rings. The number of nitrogens with one attached hydrogen (secondary N) is 2. The molecule has 7 nitrogen and oxygen atoms in total. The van der Waals surface area contributed by atoms with Crippen LogP contribution < -0.4 is 10.6 Å². The topological polar surface area (TPSA) is 83.0 Å². The second kappa shape index (κ2) is 9.66. The third-order valence-electron chi connectivity index (χ3n) is 4.00. The lowest BCUT2D eigenvalue weighted by molar-refractivity contribution is -0.128. The molecule has 1 aromatic rings. The van der Waals surface area contributed by atoms with Crippen molar-refractivity contribution in [2.75, 3.05) is 33.3 Å². The Hall–Kier alpha value is -2.57. The molecule has 25 heavy (non-hydrogen) atoms. The van der Waals surface area contributed by atoms with E-state index < -0.39 is 0 Å². The Bertz CT molecular complexity index is 607. The summed E-state index contributed by atoms with van der Waals surface area (Å²) >= 11 is 0. The van der Waals surface area contributed by atoms with E-state index in [1.165, 1.54) is 7.11 Å². The molecule has 0 aromatic heterocycles. The van der Waals surface area contributed by atoms with Crippen LogP contribution >= 0.6 is 0 Å². The fourth-order valence-corrected chi connectivity index (χ4v) is 2.61. The largest absolute Gasteiger partial charge is 0.465 e. The number of hydrogen-bond donors (Lipinski definition) is 2. The molecule has 0 bridgehead atoms. The number of carbonyl (C=O) groups is 2. The van der Waals surface area contributed by atoms with E-state index in [9.17, 15) is 9.59 Å². The minimum atomic E-state index is -0.356. The van der Waals surface area contributed by atoms with Crippen molar-refractivity contribution in [2.24, 2.45) is 4.99 Å². The third kappa shape index (κ3) is 5.77. The van der Waals surface area contributed by atoms with E-state index in [1.807, 2.05) is 24.0 Å². The SMILES string of the molecule is CCNC(=NCc1ccc(C(=O)OC)cc1)NCC(=O)N1CCCC1. The number of nitrogens with zero attached hydrogens (tertiary/aromatic N) is 2. The molecule has 136 valence electrons. The van der Waals surface area contributed by atoms with Crippen LogP contribution in [0.2, 0.25) is 0 Å². The number of benzene rings is 1. The van der Waals surface area contributed by atoms with Crippen molar-refractivity contribution in [3.8, 4) is 0 Å². The first-order valence-corrected chi connectivity index (χ1v) is 8.61. The lowest BCUT2D eigenvalue weighted by atomic mass is 10.1. The summed E-state index contributed by atoms with van der Waals surface area (Å²) < 4.78 is 4.68. The second-order valence-corrected chi connectivity index (χ2v) is 5.83. The minimum Gasteiger partial charge on any atom is -0.465 e. The van der Waals surface area contributed by atoms with Gasteiger partial charge in [-0.15, -0.1) is 0 Å². The maximum absolute atomic E-state index is 12.1. The summed E-state index contributed by atoms with van der Waals surface area (Å²) in [6.07, 6.45) is 2.17. The molecule has 0 atom stereocenters. The first-order chi connectivity index (χ1) is 12.1. The van der Waals surface area contributed by atoms with Crippen molar-refractivity contribution < 1.29 is 14.3 Å². The smallest absolute Gasteiger partial charge is 0.337 e. The molecule has 0 aliphatic carbocycles. The van der Waals surface area contributed by atoms with Crippen molar-refractivity contribution in [1.82, 2.24) is 15.5 Å². The van der Waals surface area contributed by atoms with Crippen molar-refractivity contribution >= 4 is 17.8 Å². The van der Waals surface area contributed by atoms with E-state index in [-0.39, 0.29) is 18.4 Å². The van der Waals surface area contributed by atoms with Gasteiger partial charge in [-0.3, -0.25) is 4.79 Å². The number of carbonyl (C=O) groups excluding carboxylic acids is 2. The summed E-state index contributed by atoms with van der Waals surface area (Å²) in [5.41, 5.74) is 1.48. The fraction of sp³-hybridized carbons (Fsp3) is 0.500. The van der Waals surface area contributed by atoms with Crippen molar-refractivity contribution in [3.05, 3.63) is 35.4 Å². The number of rotatable bonds is 6. The molecule has 2 rings (SSSR count). The van der Waals surface area contributed by atoms with Crippen LogP contribution in [0.15, 0.2) is 29.3 Å². The Balaban J connectivity index is 1.89. The highest BCUT2D eigenvalue weighted by Gasteiger charge is 2.17. The molecule has 0 radical (unpaired) electrons. The van der Waals surface area contributed by atoms with E-state index in [4.69, 9.17) is 0 Å². The van der Waals surface area contributed by atoms with Gasteiger partial charge in [0.2, 0.25) is 5.91 Å². The van der Waals surface area contributed by atoms with Gasteiger partial charge in [0.1, 0.15) is 0 Å². The van der Waals surface area contributed by atoms with Gasteiger partial charge in [0.15, 0.2) is 5.96 Å². The predicted octanol–water partition coefficient (Wildman–Crippen LogP) is 1.15. The molecule has 0 saturated carbocycles. The average molecular weight is 346 g/mol. The lowest BCUT2D eigenvalue weighted by Gasteiger charge is -2.17. The Morgan fingerprint density at radius 3 is 2.44 bits per heavy atom. The number of aliphatic imine (C=N–C) groups is 1. The first-order valence-electron chi connectivity index (χ1n) is 8.61. The van der Waals surface area contributed by atoms with Crippen molar-refractivity contribution in [2.45, 2.75) is 26.3 Å². The van der Waals surface area contributed by atoms with Crippen LogP contribution in [0.5, 0.6) is 0 Å². The lowest BCUT2D eigenvalue weighted by Crippen LogP contribution is -2.44. The van der Waals surface area contributed by atoms with Crippen LogP contribution in [-0.2, 0) is 16.1 Å². The third-order valence-corrected chi connectivity index (χ3v) is 4.00. The molecule has 0 spiro atoms. The van der Waals surface area contributed by atoms with Crippen LogP contribution in [0.4, 0.5) is 0 Å². The summed E-state index contributed by atoms with van der Waals surface area (Å²) in [6, 6.07) is 7.12. The fourth-order valence-electron chi connectivity index (χ4n) is 2.61. The summed E-state index contributed by atoms with van der Waals surface area (Å²) in [6.45, 7) is 5.08. The maximum atomic E-state index is 12.1. The zero-order chi connectivity index (χ0) is 18.1. The van der Waals surface area contributed by atoms with Crippen LogP contribution in [0.25, 0.3) is 0 Å².